The quantitative estimate of drug-likeness (QED) is 0.735. The maximum atomic E-state index is 9.46. The van der Waals surface area contributed by atoms with Gasteiger partial charge in [0.1, 0.15) is 0 Å². The van der Waals surface area contributed by atoms with E-state index in [-0.39, 0.29) is 5.41 Å². The SMILES string of the molecule is CCC(CC)(CO)CNC1CCCSC1. The van der Waals surface area contributed by atoms with Gasteiger partial charge in [-0.15, -0.1) is 0 Å². The summed E-state index contributed by atoms with van der Waals surface area (Å²) in [6, 6.07) is 0.674. The fourth-order valence-electron chi connectivity index (χ4n) is 2.04. The summed E-state index contributed by atoms with van der Waals surface area (Å²) >= 11 is 2.05. The zero-order valence-electron chi connectivity index (χ0n) is 10.1. The lowest BCUT2D eigenvalue weighted by atomic mass is 9.83. The number of hydrogen-bond donors (Lipinski definition) is 2. The highest BCUT2D eigenvalue weighted by molar-refractivity contribution is 7.99. The molecule has 15 heavy (non-hydrogen) atoms. The minimum atomic E-state index is 0.113. The third kappa shape index (κ3) is 3.97. The Morgan fingerprint density at radius 1 is 1.40 bits per heavy atom. The lowest BCUT2D eigenvalue weighted by molar-refractivity contribution is 0.110. The van der Waals surface area contributed by atoms with Gasteiger partial charge in [-0.05, 0) is 31.4 Å². The third-order valence-electron chi connectivity index (χ3n) is 3.76. The molecule has 1 unspecified atom stereocenters. The highest BCUT2D eigenvalue weighted by atomic mass is 32.2. The van der Waals surface area contributed by atoms with Crippen LogP contribution in [0.2, 0.25) is 0 Å². The maximum absolute atomic E-state index is 9.46. The standard InChI is InChI=1S/C12H25NOS/c1-3-12(4-2,10-14)9-13-11-6-5-7-15-8-11/h11,13-14H,3-10H2,1-2H3. The number of thioether (sulfide) groups is 1. The molecule has 90 valence electrons. The molecular formula is C12H25NOS. The average Bonchev–Trinajstić information content (AvgIpc) is 2.33. The fraction of sp³-hybridized carbons (Fsp3) is 1.00. The van der Waals surface area contributed by atoms with Crippen LogP contribution in [0.15, 0.2) is 0 Å². The van der Waals surface area contributed by atoms with Crippen molar-refractivity contribution in [1.29, 1.82) is 0 Å². The molecule has 1 atom stereocenters. The van der Waals surface area contributed by atoms with Crippen LogP contribution >= 0.6 is 11.8 Å². The molecule has 1 rings (SSSR count). The van der Waals surface area contributed by atoms with Crippen molar-refractivity contribution in [3.05, 3.63) is 0 Å². The highest BCUT2D eigenvalue weighted by Crippen LogP contribution is 2.25. The van der Waals surface area contributed by atoms with E-state index in [0.29, 0.717) is 12.6 Å². The number of rotatable bonds is 6. The summed E-state index contributed by atoms with van der Waals surface area (Å²) in [5, 5.41) is 13.1. The number of aliphatic hydroxyl groups is 1. The van der Waals surface area contributed by atoms with Crippen molar-refractivity contribution in [1.82, 2.24) is 5.32 Å². The van der Waals surface area contributed by atoms with E-state index >= 15 is 0 Å². The third-order valence-corrected chi connectivity index (χ3v) is 4.98. The van der Waals surface area contributed by atoms with E-state index in [9.17, 15) is 5.11 Å². The molecular weight excluding hydrogens is 206 g/mol. The fourth-order valence-corrected chi connectivity index (χ4v) is 3.15. The van der Waals surface area contributed by atoms with E-state index in [0.717, 1.165) is 19.4 Å². The largest absolute Gasteiger partial charge is 0.396 e. The Morgan fingerprint density at radius 2 is 2.13 bits per heavy atom. The van der Waals surface area contributed by atoms with Crippen molar-refractivity contribution < 1.29 is 5.11 Å². The highest BCUT2D eigenvalue weighted by Gasteiger charge is 2.26. The zero-order chi connectivity index (χ0) is 11.1. The summed E-state index contributed by atoms with van der Waals surface area (Å²) < 4.78 is 0. The van der Waals surface area contributed by atoms with E-state index in [2.05, 4.69) is 30.9 Å². The van der Waals surface area contributed by atoms with Crippen molar-refractivity contribution in [2.75, 3.05) is 24.7 Å². The summed E-state index contributed by atoms with van der Waals surface area (Å²) in [4.78, 5) is 0. The summed E-state index contributed by atoms with van der Waals surface area (Å²) in [6.07, 6.45) is 4.77. The summed E-state index contributed by atoms with van der Waals surface area (Å²) in [5.41, 5.74) is 0.113. The van der Waals surface area contributed by atoms with E-state index < -0.39 is 0 Å². The molecule has 2 N–H and O–H groups in total. The zero-order valence-corrected chi connectivity index (χ0v) is 10.9. The Bertz CT molecular complexity index is 157. The van der Waals surface area contributed by atoms with Crippen LogP contribution in [0.5, 0.6) is 0 Å². The molecule has 2 nitrogen and oxygen atoms in total. The minimum Gasteiger partial charge on any atom is -0.396 e. The van der Waals surface area contributed by atoms with E-state index in [1.807, 2.05) is 0 Å². The van der Waals surface area contributed by atoms with Crippen LogP contribution < -0.4 is 5.32 Å². The van der Waals surface area contributed by atoms with Gasteiger partial charge in [-0.3, -0.25) is 0 Å². The summed E-state index contributed by atoms with van der Waals surface area (Å²) in [6.45, 7) is 5.64. The predicted molar refractivity (Wildman–Crippen MR) is 68.5 cm³/mol. The van der Waals surface area contributed by atoms with Crippen LogP contribution in [0.4, 0.5) is 0 Å². The second kappa shape index (κ2) is 6.77. The molecule has 1 saturated heterocycles. The molecule has 1 fully saturated rings. The smallest absolute Gasteiger partial charge is 0.0499 e. The lowest BCUT2D eigenvalue weighted by Gasteiger charge is -2.33. The van der Waals surface area contributed by atoms with E-state index in [1.165, 1.54) is 24.3 Å². The first kappa shape index (κ1) is 13.3. The number of aliphatic hydroxyl groups excluding tert-OH is 1. The van der Waals surface area contributed by atoms with Crippen molar-refractivity contribution in [3.8, 4) is 0 Å². The van der Waals surface area contributed by atoms with Crippen molar-refractivity contribution in [2.24, 2.45) is 5.41 Å². The topological polar surface area (TPSA) is 32.3 Å². The lowest BCUT2D eigenvalue weighted by Crippen LogP contribution is -2.43. The molecule has 1 aliphatic rings. The molecule has 0 aliphatic carbocycles. The van der Waals surface area contributed by atoms with Crippen molar-refractivity contribution >= 4 is 11.8 Å². The van der Waals surface area contributed by atoms with Crippen LogP contribution in [-0.2, 0) is 0 Å². The molecule has 0 radical (unpaired) electrons. The van der Waals surface area contributed by atoms with Crippen molar-refractivity contribution in [3.63, 3.8) is 0 Å². The van der Waals surface area contributed by atoms with Gasteiger partial charge in [-0.25, -0.2) is 0 Å². The van der Waals surface area contributed by atoms with Gasteiger partial charge < -0.3 is 10.4 Å². The second-order valence-corrected chi connectivity index (χ2v) is 5.81. The van der Waals surface area contributed by atoms with E-state index in [1.54, 1.807) is 0 Å². The number of hydrogen-bond acceptors (Lipinski definition) is 3. The monoisotopic (exact) mass is 231 g/mol. The molecule has 0 aromatic carbocycles. The van der Waals surface area contributed by atoms with Crippen LogP contribution in [0, 0.1) is 5.41 Å². The van der Waals surface area contributed by atoms with Crippen molar-refractivity contribution in [2.45, 2.75) is 45.6 Å². The van der Waals surface area contributed by atoms with Crippen LogP contribution in [0.3, 0.4) is 0 Å². The average molecular weight is 231 g/mol. The molecule has 0 amide bonds. The molecule has 1 heterocycles. The Labute approximate surface area is 98.2 Å². The Balaban J connectivity index is 2.31. The molecule has 0 saturated carbocycles. The Morgan fingerprint density at radius 3 is 2.60 bits per heavy atom. The summed E-state index contributed by atoms with van der Waals surface area (Å²) in [5.74, 6) is 2.57. The second-order valence-electron chi connectivity index (χ2n) is 4.66. The Hall–Kier alpha value is 0.270. The van der Waals surface area contributed by atoms with Gasteiger partial charge in [0, 0.05) is 30.4 Å². The number of nitrogens with one attached hydrogen (secondary N) is 1. The molecule has 0 bridgehead atoms. The van der Waals surface area contributed by atoms with Gasteiger partial charge in [-0.1, -0.05) is 13.8 Å². The van der Waals surface area contributed by atoms with Crippen LogP contribution in [0.25, 0.3) is 0 Å². The van der Waals surface area contributed by atoms with Crippen LogP contribution in [-0.4, -0.2) is 35.8 Å². The van der Waals surface area contributed by atoms with Gasteiger partial charge in [0.25, 0.3) is 0 Å². The molecule has 0 spiro atoms. The minimum absolute atomic E-state index is 0.113. The van der Waals surface area contributed by atoms with Gasteiger partial charge in [0.2, 0.25) is 0 Å². The van der Waals surface area contributed by atoms with E-state index in [4.69, 9.17) is 0 Å². The van der Waals surface area contributed by atoms with Gasteiger partial charge in [0.05, 0.1) is 0 Å². The van der Waals surface area contributed by atoms with Gasteiger partial charge in [0.15, 0.2) is 0 Å². The normalized spacial score (nSPS) is 23.0. The maximum Gasteiger partial charge on any atom is 0.0499 e. The molecule has 3 heteroatoms. The first-order chi connectivity index (χ1) is 7.26. The van der Waals surface area contributed by atoms with Gasteiger partial charge >= 0.3 is 0 Å². The summed E-state index contributed by atoms with van der Waals surface area (Å²) in [7, 11) is 0. The predicted octanol–water partition coefficient (Wildman–Crippen LogP) is 2.27. The molecule has 0 aromatic rings. The molecule has 0 aromatic heterocycles. The Kier molecular flexibility index (Phi) is 6.02. The van der Waals surface area contributed by atoms with Crippen LogP contribution in [0.1, 0.15) is 39.5 Å². The molecule has 1 aliphatic heterocycles. The first-order valence-corrected chi connectivity index (χ1v) is 7.34. The first-order valence-electron chi connectivity index (χ1n) is 6.18. The van der Waals surface area contributed by atoms with Gasteiger partial charge in [-0.2, -0.15) is 11.8 Å².